The van der Waals surface area contributed by atoms with Crippen molar-refractivity contribution in [1.82, 2.24) is 4.90 Å². The number of rotatable bonds is 2. The molecule has 0 bridgehead atoms. The quantitative estimate of drug-likeness (QED) is 0.511. The van der Waals surface area contributed by atoms with Crippen molar-refractivity contribution in [2.45, 2.75) is 31.7 Å². The molecule has 1 atom stereocenters. The maximum absolute atomic E-state index is 12.9. The maximum atomic E-state index is 12.9. The van der Waals surface area contributed by atoms with Gasteiger partial charge >= 0.3 is 0 Å². The molecule has 106 valence electrons. The van der Waals surface area contributed by atoms with Gasteiger partial charge in [0.2, 0.25) is 0 Å². The molecule has 1 fully saturated rings. The van der Waals surface area contributed by atoms with Gasteiger partial charge in [-0.1, -0.05) is 30.9 Å². The van der Waals surface area contributed by atoms with Crippen LogP contribution in [-0.4, -0.2) is 23.9 Å². The van der Waals surface area contributed by atoms with Crippen LogP contribution in [0.2, 0.25) is 0 Å². The SMILES string of the molecule is C#CC(N=C(N)N1CCCCCC1)c1ccc(F)cc1. The molecule has 0 spiro atoms. The predicted octanol–water partition coefficient (Wildman–Crippen LogP) is 2.69. The summed E-state index contributed by atoms with van der Waals surface area (Å²) < 4.78 is 12.9. The average molecular weight is 273 g/mol. The van der Waals surface area contributed by atoms with E-state index in [1.165, 1.54) is 25.0 Å². The Labute approximate surface area is 119 Å². The zero-order chi connectivity index (χ0) is 14.4. The van der Waals surface area contributed by atoms with E-state index in [0.717, 1.165) is 31.5 Å². The normalized spacial score (nSPS) is 18.2. The fourth-order valence-corrected chi connectivity index (χ4v) is 2.37. The van der Waals surface area contributed by atoms with Crippen molar-refractivity contribution >= 4 is 5.96 Å². The molecule has 1 aliphatic heterocycles. The highest BCUT2D eigenvalue weighted by molar-refractivity contribution is 5.78. The minimum atomic E-state index is -0.459. The minimum Gasteiger partial charge on any atom is -0.370 e. The molecule has 1 unspecified atom stereocenters. The summed E-state index contributed by atoms with van der Waals surface area (Å²) in [4.78, 5) is 6.51. The van der Waals surface area contributed by atoms with E-state index in [-0.39, 0.29) is 5.82 Å². The highest BCUT2D eigenvalue weighted by Gasteiger charge is 2.13. The molecule has 20 heavy (non-hydrogen) atoms. The van der Waals surface area contributed by atoms with Gasteiger partial charge in [-0.3, -0.25) is 0 Å². The fraction of sp³-hybridized carbons (Fsp3) is 0.438. The number of hydrogen-bond donors (Lipinski definition) is 1. The van der Waals surface area contributed by atoms with Crippen molar-refractivity contribution < 1.29 is 4.39 Å². The molecular weight excluding hydrogens is 253 g/mol. The number of nitrogens with two attached hydrogens (primary N) is 1. The van der Waals surface area contributed by atoms with Crippen LogP contribution in [0.3, 0.4) is 0 Å². The van der Waals surface area contributed by atoms with E-state index in [9.17, 15) is 4.39 Å². The second-order valence-electron chi connectivity index (χ2n) is 5.01. The Bertz CT molecular complexity index is 493. The number of terminal acetylenes is 1. The van der Waals surface area contributed by atoms with E-state index in [4.69, 9.17) is 12.2 Å². The lowest BCUT2D eigenvalue weighted by Crippen LogP contribution is -2.38. The van der Waals surface area contributed by atoms with Crippen molar-refractivity contribution in [2.75, 3.05) is 13.1 Å². The third-order valence-corrected chi connectivity index (χ3v) is 3.54. The Morgan fingerprint density at radius 1 is 1.20 bits per heavy atom. The second-order valence-corrected chi connectivity index (χ2v) is 5.01. The second kappa shape index (κ2) is 6.95. The van der Waals surface area contributed by atoms with Crippen LogP contribution in [0, 0.1) is 18.2 Å². The molecular formula is C16H20FN3. The highest BCUT2D eigenvalue weighted by atomic mass is 19.1. The van der Waals surface area contributed by atoms with Gasteiger partial charge in [0.25, 0.3) is 0 Å². The van der Waals surface area contributed by atoms with Crippen molar-refractivity contribution in [3.63, 3.8) is 0 Å². The molecule has 0 radical (unpaired) electrons. The molecule has 2 N–H and O–H groups in total. The summed E-state index contributed by atoms with van der Waals surface area (Å²) >= 11 is 0. The van der Waals surface area contributed by atoms with Crippen molar-refractivity contribution in [3.8, 4) is 12.3 Å². The lowest BCUT2D eigenvalue weighted by atomic mass is 10.1. The number of halogens is 1. The van der Waals surface area contributed by atoms with Gasteiger partial charge in [0, 0.05) is 13.1 Å². The summed E-state index contributed by atoms with van der Waals surface area (Å²) in [6.07, 6.45) is 10.3. The maximum Gasteiger partial charge on any atom is 0.192 e. The molecule has 1 heterocycles. The van der Waals surface area contributed by atoms with E-state index >= 15 is 0 Å². The van der Waals surface area contributed by atoms with Crippen LogP contribution >= 0.6 is 0 Å². The summed E-state index contributed by atoms with van der Waals surface area (Å²) in [5, 5.41) is 0. The highest BCUT2D eigenvalue weighted by Crippen LogP contribution is 2.18. The molecule has 1 aromatic rings. The zero-order valence-corrected chi connectivity index (χ0v) is 11.6. The van der Waals surface area contributed by atoms with Crippen LogP contribution < -0.4 is 5.73 Å². The predicted molar refractivity (Wildman–Crippen MR) is 79.6 cm³/mol. The topological polar surface area (TPSA) is 41.6 Å². The van der Waals surface area contributed by atoms with Gasteiger partial charge < -0.3 is 10.6 Å². The molecule has 4 heteroatoms. The number of aliphatic imine (C=N–C) groups is 1. The number of hydrogen-bond acceptors (Lipinski definition) is 1. The Kier molecular flexibility index (Phi) is 5.00. The molecule has 0 amide bonds. The van der Waals surface area contributed by atoms with Crippen LogP contribution in [0.4, 0.5) is 4.39 Å². The lowest BCUT2D eigenvalue weighted by Gasteiger charge is -2.22. The molecule has 1 aliphatic rings. The number of nitrogens with zero attached hydrogens (tertiary/aromatic N) is 2. The Hall–Kier alpha value is -2.02. The van der Waals surface area contributed by atoms with Crippen LogP contribution in [0.1, 0.15) is 37.3 Å². The summed E-state index contributed by atoms with van der Waals surface area (Å²) in [6.45, 7) is 1.85. The molecule has 3 nitrogen and oxygen atoms in total. The number of benzene rings is 1. The third kappa shape index (κ3) is 3.74. The Morgan fingerprint density at radius 3 is 2.35 bits per heavy atom. The van der Waals surface area contributed by atoms with Crippen molar-refractivity contribution in [3.05, 3.63) is 35.6 Å². The molecule has 2 rings (SSSR count). The van der Waals surface area contributed by atoms with E-state index in [0.29, 0.717) is 5.96 Å². The first-order chi connectivity index (χ1) is 9.70. The van der Waals surface area contributed by atoms with Gasteiger partial charge in [-0.05, 0) is 30.5 Å². The fourth-order valence-electron chi connectivity index (χ4n) is 2.37. The van der Waals surface area contributed by atoms with Crippen LogP contribution in [0.15, 0.2) is 29.3 Å². The summed E-state index contributed by atoms with van der Waals surface area (Å²) in [5.74, 6) is 2.81. The molecule has 1 aromatic carbocycles. The van der Waals surface area contributed by atoms with E-state index < -0.39 is 6.04 Å². The summed E-state index contributed by atoms with van der Waals surface area (Å²) in [6, 6.07) is 5.62. The van der Waals surface area contributed by atoms with Gasteiger partial charge in [-0.25, -0.2) is 9.38 Å². The summed E-state index contributed by atoms with van der Waals surface area (Å²) in [7, 11) is 0. The number of likely N-dealkylation sites (tertiary alicyclic amines) is 1. The monoisotopic (exact) mass is 273 g/mol. The first kappa shape index (κ1) is 14.4. The Balaban J connectivity index is 2.13. The average Bonchev–Trinajstić information content (AvgIpc) is 2.75. The van der Waals surface area contributed by atoms with Gasteiger partial charge in [0.1, 0.15) is 11.9 Å². The van der Waals surface area contributed by atoms with E-state index in [1.54, 1.807) is 12.1 Å². The molecule has 0 aromatic heterocycles. The van der Waals surface area contributed by atoms with Crippen LogP contribution in [0.5, 0.6) is 0 Å². The van der Waals surface area contributed by atoms with Gasteiger partial charge in [0.15, 0.2) is 5.96 Å². The lowest BCUT2D eigenvalue weighted by molar-refractivity contribution is 0.427. The van der Waals surface area contributed by atoms with E-state index in [1.807, 2.05) is 0 Å². The summed E-state index contributed by atoms with van der Waals surface area (Å²) in [5.41, 5.74) is 6.85. The smallest absolute Gasteiger partial charge is 0.192 e. The molecule has 1 saturated heterocycles. The zero-order valence-electron chi connectivity index (χ0n) is 11.6. The first-order valence-electron chi connectivity index (χ1n) is 7.00. The first-order valence-corrected chi connectivity index (χ1v) is 7.00. The standard InChI is InChI=1S/C16H20FN3/c1-2-15(13-7-9-14(17)10-8-13)19-16(18)20-11-5-3-4-6-12-20/h1,7-10,15H,3-6,11-12H2,(H2,18,19). The van der Waals surface area contributed by atoms with Crippen molar-refractivity contribution in [1.29, 1.82) is 0 Å². The van der Waals surface area contributed by atoms with Gasteiger partial charge in [-0.15, -0.1) is 6.42 Å². The largest absolute Gasteiger partial charge is 0.370 e. The molecule has 0 saturated carbocycles. The van der Waals surface area contributed by atoms with Crippen LogP contribution in [0.25, 0.3) is 0 Å². The van der Waals surface area contributed by atoms with Gasteiger partial charge in [-0.2, -0.15) is 0 Å². The van der Waals surface area contributed by atoms with Crippen LogP contribution in [-0.2, 0) is 0 Å². The van der Waals surface area contributed by atoms with Gasteiger partial charge in [0.05, 0.1) is 0 Å². The molecule has 0 aliphatic carbocycles. The van der Waals surface area contributed by atoms with E-state index in [2.05, 4.69) is 15.8 Å². The van der Waals surface area contributed by atoms with Crippen molar-refractivity contribution in [2.24, 2.45) is 10.7 Å². The minimum absolute atomic E-state index is 0.283. The third-order valence-electron chi connectivity index (χ3n) is 3.54. The number of guanidine groups is 1. The Morgan fingerprint density at radius 2 is 1.80 bits per heavy atom.